The normalized spacial score (nSPS) is 15.8. The highest BCUT2D eigenvalue weighted by atomic mass is 16.4. The summed E-state index contributed by atoms with van der Waals surface area (Å²) >= 11 is 0. The molecule has 5 nitrogen and oxygen atoms in total. The van der Waals surface area contributed by atoms with Gasteiger partial charge in [0.1, 0.15) is 0 Å². The summed E-state index contributed by atoms with van der Waals surface area (Å²) in [5.41, 5.74) is 6.70. The van der Waals surface area contributed by atoms with Crippen molar-refractivity contribution in [2.45, 2.75) is 32.4 Å². The van der Waals surface area contributed by atoms with Crippen molar-refractivity contribution in [2.75, 3.05) is 0 Å². The Morgan fingerprint density at radius 3 is 2.69 bits per heavy atom. The summed E-state index contributed by atoms with van der Waals surface area (Å²) in [4.78, 5) is 3.96. The first-order chi connectivity index (χ1) is 7.69. The van der Waals surface area contributed by atoms with E-state index in [9.17, 15) is 0 Å². The molecule has 0 radical (unpaired) electrons. The Morgan fingerprint density at radius 1 is 1.56 bits per heavy atom. The molecule has 1 aromatic heterocycles. The second-order valence-corrected chi connectivity index (χ2v) is 3.65. The van der Waals surface area contributed by atoms with Crippen LogP contribution in [0.1, 0.15) is 31.9 Å². The highest BCUT2D eigenvalue weighted by molar-refractivity contribution is 5.85. The molecule has 5 heteroatoms. The summed E-state index contributed by atoms with van der Waals surface area (Å²) in [5, 5.41) is 14.9. The van der Waals surface area contributed by atoms with Crippen molar-refractivity contribution in [1.29, 1.82) is 0 Å². The number of pyridine rings is 1. The second kappa shape index (κ2) is 6.07. The van der Waals surface area contributed by atoms with Gasteiger partial charge in [-0.15, -0.1) is 0 Å². The summed E-state index contributed by atoms with van der Waals surface area (Å²) < 4.78 is 0. The summed E-state index contributed by atoms with van der Waals surface area (Å²) in [6, 6.07) is 3.90. The Labute approximate surface area is 95.4 Å². The van der Waals surface area contributed by atoms with Gasteiger partial charge in [0.05, 0.1) is 6.04 Å². The Morgan fingerprint density at radius 2 is 2.19 bits per heavy atom. The van der Waals surface area contributed by atoms with Crippen molar-refractivity contribution in [3.63, 3.8) is 0 Å². The van der Waals surface area contributed by atoms with E-state index in [0.717, 1.165) is 12.0 Å². The Balaban J connectivity index is 2.66. The fourth-order valence-corrected chi connectivity index (χ4v) is 1.53. The standard InChI is InChI=1S/C11H18N4O/c1-3-10(11(12)15-16)14-8(2)9-4-6-13-7-5-9/h4-8,10,14,16H,3H2,1-2H3,(H2,12,15). The molecule has 0 aliphatic heterocycles. The van der Waals surface area contributed by atoms with Gasteiger partial charge in [-0.05, 0) is 31.0 Å². The van der Waals surface area contributed by atoms with Crippen LogP contribution < -0.4 is 11.1 Å². The lowest BCUT2D eigenvalue weighted by Crippen LogP contribution is -2.42. The molecular formula is C11H18N4O. The molecule has 0 aliphatic carbocycles. The van der Waals surface area contributed by atoms with Crippen LogP contribution in [0.25, 0.3) is 0 Å². The van der Waals surface area contributed by atoms with Crippen molar-refractivity contribution in [2.24, 2.45) is 10.9 Å². The quantitative estimate of drug-likeness (QED) is 0.303. The number of amidine groups is 1. The van der Waals surface area contributed by atoms with E-state index in [1.54, 1.807) is 12.4 Å². The number of rotatable bonds is 5. The van der Waals surface area contributed by atoms with Gasteiger partial charge in [0.25, 0.3) is 0 Å². The highest BCUT2D eigenvalue weighted by Gasteiger charge is 2.15. The van der Waals surface area contributed by atoms with Gasteiger partial charge in [0.15, 0.2) is 5.84 Å². The third-order valence-electron chi connectivity index (χ3n) is 2.54. The monoisotopic (exact) mass is 222 g/mol. The van der Waals surface area contributed by atoms with Gasteiger partial charge < -0.3 is 16.3 Å². The summed E-state index contributed by atoms with van der Waals surface area (Å²) in [7, 11) is 0. The van der Waals surface area contributed by atoms with Crippen LogP contribution in [0.2, 0.25) is 0 Å². The fourth-order valence-electron chi connectivity index (χ4n) is 1.53. The maximum atomic E-state index is 8.63. The summed E-state index contributed by atoms with van der Waals surface area (Å²) in [5.74, 6) is 0.211. The van der Waals surface area contributed by atoms with Crippen LogP contribution in [0, 0.1) is 0 Å². The first kappa shape index (κ1) is 12.4. The van der Waals surface area contributed by atoms with E-state index < -0.39 is 0 Å². The first-order valence-electron chi connectivity index (χ1n) is 5.32. The molecule has 88 valence electrons. The van der Waals surface area contributed by atoms with Crippen LogP contribution in [0.15, 0.2) is 29.7 Å². The van der Waals surface area contributed by atoms with Crippen molar-refractivity contribution >= 4 is 5.84 Å². The molecule has 1 aromatic rings. The minimum absolute atomic E-state index is 0.117. The average molecular weight is 222 g/mol. The Kier molecular flexibility index (Phi) is 4.72. The number of hydrogen-bond donors (Lipinski definition) is 3. The van der Waals surface area contributed by atoms with Crippen LogP contribution >= 0.6 is 0 Å². The van der Waals surface area contributed by atoms with Crippen molar-refractivity contribution < 1.29 is 5.21 Å². The molecule has 2 unspecified atom stereocenters. The molecule has 4 N–H and O–H groups in total. The smallest absolute Gasteiger partial charge is 0.156 e. The molecule has 0 amide bonds. The molecule has 0 bridgehead atoms. The SMILES string of the molecule is CCC(NC(C)c1ccncc1)C(N)=NO. The lowest BCUT2D eigenvalue weighted by atomic mass is 10.1. The molecular weight excluding hydrogens is 204 g/mol. The number of nitrogens with one attached hydrogen (secondary N) is 1. The van der Waals surface area contributed by atoms with Crippen LogP contribution in [0.3, 0.4) is 0 Å². The van der Waals surface area contributed by atoms with Crippen molar-refractivity contribution in [1.82, 2.24) is 10.3 Å². The topological polar surface area (TPSA) is 83.5 Å². The van der Waals surface area contributed by atoms with Crippen molar-refractivity contribution in [3.05, 3.63) is 30.1 Å². The summed E-state index contributed by atoms with van der Waals surface area (Å²) in [6.07, 6.45) is 4.27. The minimum Gasteiger partial charge on any atom is -0.409 e. The highest BCUT2D eigenvalue weighted by Crippen LogP contribution is 2.11. The molecule has 1 rings (SSSR count). The van der Waals surface area contributed by atoms with Gasteiger partial charge >= 0.3 is 0 Å². The number of aromatic nitrogens is 1. The number of hydrogen-bond acceptors (Lipinski definition) is 4. The zero-order valence-corrected chi connectivity index (χ0v) is 9.59. The molecule has 0 aromatic carbocycles. The Hall–Kier alpha value is -1.62. The van der Waals surface area contributed by atoms with Gasteiger partial charge in [-0.1, -0.05) is 12.1 Å². The van der Waals surface area contributed by atoms with Crippen LogP contribution in [-0.4, -0.2) is 22.1 Å². The molecule has 0 saturated carbocycles. The van der Waals surface area contributed by atoms with E-state index in [0.29, 0.717) is 0 Å². The zero-order chi connectivity index (χ0) is 12.0. The lowest BCUT2D eigenvalue weighted by Gasteiger charge is -2.21. The summed E-state index contributed by atoms with van der Waals surface area (Å²) in [6.45, 7) is 4.01. The molecule has 1 heterocycles. The van der Waals surface area contributed by atoms with E-state index in [-0.39, 0.29) is 17.9 Å². The van der Waals surface area contributed by atoms with E-state index in [2.05, 4.69) is 15.5 Å². The number of nitrogens with zero attached hydrogens (tertiary/aromatic N) is 2. The average Bonchev–Trinajstić information content (AvgIpc) is 2.35. The van der Waals surface area contributed by atoms with E-state index >= 15 is 0 Å². The fraction of sp³-hybridized carbons (Fsp3) is 0.455. The van der Waals surface area contributed by atoms with Gasteiger partial charge in [-0.25, -0.2) is 0 Å². The van der Waals surface area contributed by atoms with Gasteiger partial charge in [-0.3, -0.25) is 4.98 Å². The molecule has 0 aliphatic rings. The van der Waals surface area contributed by atoms with Gasteiger partial charge in [0.2, 0.25) is 0 Å². The molecule has 2 atom stereocenters. The van der Waals surface area contributed by atoms with E-state index in [4.69, 9.17) is 10.9 Å². The van der Waals surface area contributed by atoms with Crippen molar-refractivity contribution in [3.8, 4) is 0 Å². The number of oxime groups is 1. The molecule has 0 spiro atoms. The third-order valence-corrected chi connectivity index (χ3v) is 2.54. The minimum atomic E-state index is -0.117. The second-order valence-electron chi connectivity index (χ2n) is 3.65. The van der Waals surface area contributed by atoms with Crippen LogP contribution in [0.5, 0.6) is 0 Å². The molecule has 0 fully saturated rings. The first-order valence-corrected chi connectivity index (χ1v) is 5.32. The van der Waals surface area contributed by atoms with Gasteiger partial charge in [0, 0.05) is 18.4 Å². The molecule has 0 saturated heterocycles. The van der Waals surface area contributed by atoms with Crippen LogP contribution in [-0.2, 0) is 0 Å². The zero-order valence-electron chi connectivity index (χ0n) is 9.59. The van der Waals surface area contributed by atoms with Gasteiger partial charge in [-0.2, -0.15) is 0 Å². The maximum absolute atomic E-state index is 8.63. The van der Waals surface area contributed by atoms with Crippen LogP contribution in [0.4, 0.5) is 0 Å². The predicted octanol–water partition coefficient (Wildman–Crippen LogP) is 1.26. The maximum Gasteiger partial charge on any atom is 0.156 e. The van der Waals surface area contributed by atoms with E-state index in [1.807, 2.05) is 26.0 Å². The lowest BCUT2D eigenvalue weighted by molar-refractivity contribution is 0.313. The number of nitrogens with two attached hydrogens (primary N) is 1. The van der Waals surface area contributed by atoms with E-state index in [1.165, 1.54) is 0 Å². The molecule has 16 heavy (non-hydrogen) atoms. The Bertz CT molecular complexity index is 339. The predicted molar refractivity (Wildman–Crippen MR) is 63.3 cm³/mol. The largest absolute Gasteiger partial charge is 0.409 e. The third kappa shape index (κ3) is 3.20.